The third-order valence-corrected chi connectivity index (χ3v) is 5.93. The Kier molecular flexibility index (Phi) is 4.73. The number of fused-ring (bicyclic) bond motifs is 1. The fourth-order valence-electron chi connectivity index (χ4n) is 2.40. The lowest BCUT2D eigenvalue weighted by Gasteiger charge is -2.09. The summed E-state index contributed by atoms with van der Waals surface area (Å²) in [6.45, 7) is 1.90. The maximum Gasteiger partial charge on any atom is 0.261 e. The molecule has 0 saturated heterocycles. The van der Waals surface area contributed by atoms with Gasteiger partial charge in [-0.1, -0.05) is 12.1 Å². The number of anilines is 1. The van der Waals surface area contributed by atoms with E-state index in [0.717, 1.165) is 20.8 Å². The molecule has 0 saturated carbocycles. The number of carbonyl (C=O) groups excluding carboxylic acids is 1. The van der Waals surface area contributed by atoms with Gasteiger partial charge in [-0.15, -0.1) is 11.3 Å². The van der Waals surface area contributed by atoms with Gasteiger partial charge in [0.2, 0.25) is 0 Å². The minimum atomic E-state index is -3.72. The second-order valence-corrected chi connectivity index (χ2v) is 8.45. The van der Waals surface area contributed by atoms with Gasteiger partial charge in [0.05, 0.1) is 25.8 Å². The molecule has 1 heterocycles. The Morgan fingerprint density at radius 3 is 2.60 bits per heavy atom. The number of aryl methyl sites for hydroxylation is 2. The molecule has 8 heteroatoms. The van der Waals surface area contributed by atoms with E-state index in [1.165, 1.54) is 23.5 Å². The summed E-state index contributed by atoms with van der Waals surface area (Å²) in [4.78, 5) is 14.9. The third-order valence-electron chi connectivity index (χ3n) is 3.60. The van der Waals surface area contributed by atoms with Crippen LogP contribution in [0.1, 0.15) is 17.0 Å². The molecule has 1 aromatic heterocycles. The normalized spacial score (nSPS) is 11.6. The molecule has 0 aliphatic carbocycles. The van der Waals surface area contributed by atoms with E-state index in [1.54, 1.807) is 30.3 Å². The number of nitrogens with zero attached hydrogens (tertiary/aromatic N) is 1. The molecule has 0 bridgehead atoms. The van der Waals surface area contributed by atoms with Gasteiger partial charge in [-0.05, 0) is 55.7 Å². The van der Waals surface area contributed by atoms with Crippen LogP contribution in [-0.4, -0.2) is 19.4 Å². The van der Waals surface area contributed by atoms with Crippen molar-refractivity contribution in [2.24, 2.45) is 0 Å². The fraction of sp³-hybridized carbons (Fsp3) is 0.176. The Hall–Kier alpha value is -2.45. The molecular formula is C17H15N2O4S2-. The van der Waals surface area contributed by atoms with Crippen LogP contribution >= 0.6 is 11.3 Å². The quantitative estimate of drug-likeness (QED) is 0.711. The predicted octanol–water partition coefficient (Wildman–Crippen LogP) is 2.09. The summed E-state index contributed by atoms with van der Waals surface area (Å²) >= 11 is 1.50. The average molecular weight is 375 g/mol. The Morgan fingerprint density at radius 1 is 1.20 bits per heavy atom. The zero-order chi connectivity index (χ0) is 18.0. The van der Waals surface area contributed by atoms with Gasteiger partial charge < -0.3 is 9.90 Å². The summed E-state index contributed by atoms with van der Waals surface area (Å²) in [5, 5.41) is 11.4. The molecule has 0 unspecified atom stereocenters. The van der Waals surface area contributed by atoms with Crippen molar-refractivity contribution in [1.29, 1.82) is 0 Å². The number of aromatic nitrogens is 1. The van der Waals surface area contributed by atoms with Gasteiger partial charge in [0, 0.05) is 5.97 Å². The molecule has 0 atom stereocenters. The number of carbonyl (C=O) groups is 1. The molecule has 0 aliphatic rings. The largest absolute Gasteiger partial charge is 0.550 e. The van der Waals surface area contributed by atoms with Crippen LogP contribution in [0.4, 0.5) is 5.69 Å². The van der Waals surface area contributed by atoms with E-state index in [9.17, 15) is 18.3 Å². The highest BCUT2D eigenvalue weighted by Gasteiger charge is 2.14. The van der Waals surface area contributed by atoms with Crippen LogP contribution in [0.2, 0.25) is 0 Å². The first-order chi connectivity index (χ1) is 11.8. The molecule has 3 aromatic rings. The molecule has 0 spiro atoms. The molecule has 0 amide bonds. The summed E-state index contributed by atoms with van der Waals surface area (Å²) < 4.78 is 28.5. The van der Waals surface area contributed by atoms with E-state index in [-0.39, 0.29) is 11.3 Å². The van der Waals surface area contributed by atoms with Gasteiger partial charge in [0.15, 0.2) is 0 Å². The number of benzene rings is 2. The van der Waals surface area contributed by atoms with Crippen molar-refractivity contribution in [3.05, 3.63) is 53.0 Å². The number of hydrogen-bond donors (Lipinski definition) is 1. The zero-order valence-electron chi connectivity index (χ0n) is 13.4. The summed E-state index contributed by atoms with van der Waals surface area (Å²) in [7, 11) is -3.72. The van der Waals surface area contributed by atoms with Crippen LogP contribution < -0.4 is 9.83 Å². The lowest BCUT2D eigenvalue weighted by molar-refractivity contribution is -0.305. The van der Waals surface area contributed by atoms with E-state index < -0.39 is 16.0 Å². The van der Waals surface area contributed by atoms with Gasteiger partial charge in [-0.2, -0.15) is 0 Å². The van der Waals surface area contributed by atoms with Gasteiger partial charge in [-0.25, -0.2) is 13.4 Å². The van der Waals surface area contributed by atoms with Crippen molar-refractivity contribution in [3.63, 3.8) is 0 Å². The minimum Gasteiger partial charge on any atom is -0.550 e. The number of nitrogens with one attached hydrogen (secondary N) is 1. The molecule has 6 nitrogen and oxygen atoms in total. The maximum absolute atomic E-state index is 12.5. The second kappa shape index (κ2) is 6.81. The molecular weight excluding hydrogens is 360 g/mol. The van der Waals surface area contributed by atoms with E-state index in [1.807, 2.05) is 6.92 Å². The highest BCUT2D eigenvalue weighted by molar-refractivity contribution is 7.92. The van der Waals surface area contributed by atoms with Crippen molar-refractivity contribution >= 4 is 43.2 Å². The monoisotopic (exact) mass is 375 g/mol. The van der Waals surface area contributed by atoms with E-state index in [0.29, 0.717) is 12.1 Å². The first-order valence-electron chi connectivity index (χ1n) is 7.52. The van der Waals surface area contributed by atoms with Crippen molar-refractivity contribution in [3.8, 4) is 0 Å². The fourth-order valence-corrected chi connectivity index (χ4v) is 4.31. The number of aliphatic carboxylic acids is 1. The smallest absolute Gasteiger partial charge is 0.261 e. The Morgan fingerprint density at radius 2 is 1.92 bits per heavy atom. The van der Waals surface area contributed by atoms with Crippen molar-refractivity contribution < 1.29 is 18.3 Å². The van der Waals surface area contributed by atoms with Crippen LogP contribution in [0.15, 0.2) is 47.4 Å². The Balaban J connectivity index is 1.79. The summed E-state index contributed by atoms with van der Waals surface area (Å²) in [5.74, 6) is -1.13. The van der Waals surface area contributed by atoms with Gasteiger partial charge in [0.1, 0.15) is 0 Å². The van der Waals surface area contributed by atoms with E-state index in [4.69, 9.17) is 0 Å². The molecule has 130 valence electrons. The second-order valence-electron chi connectivity index (χ2n) is 5.54. The highest BCUT2D eigenvalue weighted by atomic mass is 32.2. The summed E-state index contributed by atoms with van der Waals surface area (Å²) in [5.41, 5.74) is 2.05. The first kappa shape index (κ1) is 17.4. The summed E-state index contributed by atoms with van der Waals surface area (Å²) in [6, 6.07) is 11.3. The molecule has 2 aromatic carbocycles. The first-order valence-corrected chi connectivity index (χ1v) is 9.82. The third kappa shape index (κ3) is 4.15. The Labute approximate surface area is 149 Å². The van der Waals surface area contributed by atoms with Crippen LogP contribution in [-0.2, 0) is 21.2 Å². The van der Waals surface area contributed by atoms with Crippen molar-refractivity contribution in [2.45, 2.75) is 24.7 Å². The number of rotatable bonds is 6. The van der Waals surface area contributed by atoms with Crippen LogP contribution in [0.5, 0.6) is 0 Å². The van der Waals surface area contributed by atoms with E-state index in [2.05, 4.69) is 9.71 Å². The van der Waals surface area contributed by atoms with Crippen LogP contribution in [0.3, 0.4) is 0 Å². The maximum atomic E-state index is 12.5. The molecule has 3 rings (SSSR count). The molecule has 0 radical (unpaired) electrons. The van der Waals surface area contributed by atoms with E-state index >= 15 is 0 Å². The molecule has 0 aliphatic heterocycles. The van der Waals surface area contributed by atoms with Crippen LogP contribution in [0, 0.1) is 6.92 Å². The number of thiazole rings is 1. The van der Waals surface area contributed by atoms with Gasteiger partial charge in [-0.3, -0.25) is 4.72 Å². The van der Waals surface area contributed by atoms with Crippen molar-refractivity contribution in [1.82, 2.24) is 4.98 Å². The standard InChI is InChI=1S/C17H16N2O4S2/c1-11-18-15-8-5-13(10-16(15)24-11)19-25(22,23)14-6-2-12(3-7-14)4-9-17(20)21/h2-3,5-8,10,19H,4,9H2,1H3,(H,20,21)/p-1. The predicted molar refractivity (Wildman–Crippen MR) is 94.9 cm³/mol. The molecule has 1 N–H and O–H groups in total. The lowest BCUT2D eigenvalue weighted by Crippen LogP contribution is -2.22. The highest BCUT2D eigenvalue weighted by Crippen LogP contribution is 2.26. The number of sulfonamides is 1. The lowest BCUT2D eigenvalue weighted by atomic mass is 10.1. The number of carboxylic acids is 1. The molecule has 25 heavy (non-hydrogen) atoms. The van der Waals surface area contributed by atoms with Gasteiger partial charge in [0.25, 0.3) is 10.0 Å². The van der Waals surface area contributed by atoms with Crippen molar-refractivity contribution in [2.75, 3.05) is 4.72 Å². The minimum absolute atomic E-state index is 0.0986. The average Bonchev–Trinajstić information content (AvgIpc) is 2.92. The summed E-state index contributed by atoms with van der Waals surface area (Å²) in [6.07, 6.45) is 0.204. The molecule has 0 fully saturated rings. The number of carboxylic acid groups (broad SMARTS) is 1. The SMILES string of the molecule is Cc1nc2ccc(NS(=O)(=O)c3ccc(CCC(=O)[O-])cc3)cc2s1. The van der Waals surface area contributed by atoms with Crippen LogP contribution in [0.25, 0.3) is 10.2 Å². The zero-order valence-corrected chi connectivity index (χ0v) is 15.0. The number of hydrogen-bond acceptors (Lipinski definition) is 6. The van der Waals surface area contributed by atoms with Gasteiger partial charge >= 0.3 is 0 Å². The Bertz CT molecular complexity index is 1020. The topological polar surface area (TPSA) is 99.2 Å².